The number of nitrogens with zero attached hydrogens (tertiary/aromatic N) is 1. The summed E-state index contributed by atoms with van der Waals surface area (Å²) in [7, 11) is -2.24. The third kappa shape index (κ3) is 3.44. The maximum absolute atomic E-state index is 12.7. The van der Waals surface area contributed by atoms with Crippen LogP contribution in [-0.4, -0.2) is 38.1 Å². The summed E-state index contributed by atoms with van der Waals surface area (Å²) < 4.78 is 25.8. The molecule has 0 aromatic heterocycles. The largest absolute Gasteiger partial charge is 0.332 e. The molecule has 128 valence electrons. The van der Waals surface area contributed by atoms with E-state index in [1.165, 1.54) is 7.05 Å². The lowest BCUT2D eigenvalue weighted by molar-refractivity contribution is -0.131. The van der Waals surface area contributed by atoms with Crippen molar-refractivity contribution in [2.24, 2.45) is 0 Å². The van der Waals surface area contributed by atoms with Crippen molar-refractivity contribution in [1.29, 1.82) is 0 Å². The predicted octanol–water partition coefficient (Wildman–Crippen LogP) is 2.44. The van der Waals surface area contributed by atoms with E-state index in [1.807, 2.05) is 49.4 Å². The Balaban J connectivity index is 1.95. The summed E-state index contributed by atoms with van der Waals surface area (Å²) in [5.74, 6) is -0.845. The summed E-state index contributed by atoms with van der Waals surface area (Å²) in [4.78, 5) is 14.4. The van der Waals surface area contributed by atoms with Crippen LogP contribution in [0.25, 0.3) is 10.8 Å². The summed E-state index contributed by atoms with van der Waals surface area (Å²) in [6.45, 7) is 1.98. The van der Waals surface area contributed by atoms with Crippen molar-refractivity contribution >= 4 is 26.7 Å². The molecule has 1 saturated carbocycles. The van der Waals surface area contributed by atoms with Gasteiger partial charge in [0.1, 0.15) is 5.75 Å². The van der Waals surface area contributed by atoms with Crippen LogP contribution in [0.2, 0.25) is 0 Å². The lowest BCUT2D eigenvalue weighted by Gasteiger charge is -2.30. The van der Waals surface area contributed by atoms with Crippen LogP contribution in [0.1, 0.15) is 31.4 Å². The van der Waals surface area contributed by atoms with Crippen molar-refractivity contribution in [3.8, 4) is 0 Å². The Labute approximate surface area is 142 Å². The Hall–Kier alpha value is -1.92. The number of amides is 1. The second-order valence-electron chi connectivity index (χ2n) is 6.24. The smallest absolute Gasteiger partial charge is 0.239 e. The van der Waals surface area contributed by atoms with E-state index in [9.17, 15) is 13.2 Å². The molecular weight excluding hydrogens is 324 g/mol. The molecule has 1 amide bonds. The molecule has 5 nitrogen and oxygen atoms in total. The molecule has 0 aliphatic heterocycles. The maximum Gasteiger partial charge on any atom is 0.239 e. The summed E-state index contributed by atoms with van der Waals surface area (Å²) >= 11 is 0. The van der Waals surface area contributed by atoms with Crippen LogP contribution >= 0.6 is 0 Å². The topological polar surface area (TPSA) is 66.5 Å². The molecule has 1 aliphatic rings. The predicted molar refractivity (Wildman–Crippen MR) is 95.1 cm³/mol. The van der Waals surface area contributed by atoms with Gasteiger partial charge < -0.3 is 4.90 Å². The van der Waals surface area contributed by atoms with Gasteiger partial charge in [-0.3, -0.25) is 4.79 Å². The van der Waals surface area contributed by atoms with Crippen molar-refractivity contribution in [3.05, 3.63) is 48.0 Å². The molecule has 3 rings (SSSR count). The lowest BCUT2D eigenvalue weighted by Crippen LogP contribution is -2.41. The van der Waals surface area contributed by atoms with Crippen LogP contribution in [0, 0.1) is 0 Å². The minimum atomic E-state index is -3.57. The molecule has 1 fully saturated rings. The molecule has 24 heavy (non-hydrogen) atoms. The molecule has 0 saturated heterocycles. The molecule has 0 bridgehead atoms. The van der Waals surface area contributed by atoms with E-state index in [2.05, 4.69) is 4.72 Å². The van der Waals surface area contributed by atoms with E-state index >= 15 is 0 Å². The van der Waals surface area contributed by atoms with Gasteiger partial charge >= 0.3 is 0 Å². The zero-order valence-corrected chi connectivity index (χ0v) is 14.7. The van der Waals surface area contributed by atoms with Gasteiger partial charge in [-0.05, 0) is 43.1 Å². The molecule has 1 unspecified atom stereocenters. The number of carbonyl (C=O) groups is 1. The Morgan fingerprint density at radius 3 is 2.54 bits per heavy atom. The van der Waals surface area contributed by atoms with E-state index in [0.29, 0.717) is 0 Å². The molecular formula is C18H22N2O3S. The lowest BCUT2D eigenvalue weighted by atomic mass is 9.98. The Morgan fingerprint density at radius 2 is 1.88 bits per heavy atom. The highest BCUT2D eigenvalue weighted by Gasteiger charge is 2.37. The first-order chi connectivity index (χ1) is 11.4. The molecule has 0 spiro atoms. The molecule has 0 heterocycles. The van der Waals surface area contributed by atoms with E-state index in [0.717, 1.165) is 29.2 Å². The first-order valence-electron chi connectivity index (χ1n) is 8.13. The van der Waals surface area contributed by atoms with Crippen LogP contribution < -0.4 is 4.72 Å². The van der Waals surface area contributed by atoms with Gasteiger partial charge in [-0.25, -0.2) is 13.1 Å². The van der Waals surface area contributed by atoms with Gasteiger partial charge in [0.25, 0.3) is 0 Å². The van der Waals surface area contributed by atoms with Crippen molar-refractivity contribution < 1.29 is 13.2 Å². The quantitative estimate of drug-likeness (QED) is 0.874. The number of rotatable bonds is 6. The number of hydrogen-bond donors (Lipinski definition) is 1. The van der Waals surface area contributed by atoms with Crippen LogP contribution in [0.4, 0.5) is 0 Å². The van der Waals surface area contributed by atoms with Crippen molar-refractivity contribution in [2.75, 3.05) is 12.8 Å². The summed E-state index contributed by atoms with van der Waals surface area (Å²) in [6, 6.07) is 14.1. The first-order valence-corrected chi connectivity index (χ1v) is 9.78. The standard InChI is InChI=1S/C18H22N2O3S/c1-13(16-9-5-7-14-6-3-4-8-17(14)16)20(15-10-11-15)18(21)12-24(22,23)19-2/h3-9,13,15,19H,10-12H2,1-2H3. The van der Waals surface area contributed by atoms with Crippen molar-refractivity contribution in [3.63, 3.8) is 0 Å². The highest BCUT2D eigenvalue weighted by molar-refractivity contribution is 7.90. The number of nitrogens with one attached hydrogen (secondary N) is 1. The third-order valence-electron chi connectivity index (χ3n) is 4.54. The molecule has 1 aliphatic carbocycles. The van der Waals surface area contributed by atoms with E-state index < -0.39 is 15.8 Å². The Bertz CT molecular complexity index is 854. The number of carbonyl (C=O) groups excluding carboxylic acids is 1. The normalized spacial score (nSPS) is 16.1. The number of fused-ring (bicyclic) bond motifs is 1. The van der Waals surface area contributed by atoms with Crippen molar-refractivity contribution in [1.82, 2.24) is 9.62 Å². The number of hydrogen-bond acceptors (Lipinski definition) is 3. The van der Waals surface area contributed by atoms with Gasteiger partial charge in [0.15, 0.2) is 0 Å². The van der Waals surface area contributed by atoms with Gasteiger partial charge in [-0.15, -0.1) is 0 Å². The first kappa shape index (κ1) is 16.9. The molecule has 1 atom stereocenters. The highest BCUT2D eigenvalue weighted by Crippen LogP contribution is 2.36. The van der Waals surface area contributed by atoms with Gasteiger partial charge in [0.2, 0.25) is 15.9 Å². The Morgan fingerprint density at radius 1 is 1.21 bits per heavy atom. The van der Waals surface area contributed by atoms with E-state index in [-0.39, 0.29) is 18.0 Å². The van der Waals surface area contributed by atoms with Crippen molar-refractivity contribution in [2.45, 2.75) is 31.8 Å². The third-order valence-corrected chi connectivity index (χ3v) is 5.79. The highest BCUT2D eigenvalue weighted by atomic mass is 32.2. The molecule has 6 heteroatoms. The van der Waals surface area contributed by atoms with E-state index in [1.54, 1.807) is 4.90 Å². The molecule has 2 aromatic carbocycles. The van der Waals surface area contributed by atoms with Crippen LogP contribution in [-0.2, 0) is 14.8 Å². The number of sulfonamides is 1. The SMILES string of the molecule is CNS(=O)(=O)CC(=O)N(C1CC1)C(C)c1cccc2ccccc12. The molecule has 1 N–H and O–H groups in total. The second-order valence-corrected chi connectivity index (χ2v) is 8.17. The minimum Gasteiger partial charge on any atom is -0.332 e. The minimum absolute atomic E-state index is 0.138. The fourth-order valence-corrected chi connectivity index (χ4v) is 3.78. The average molecular weight is 346 g/mol. The number of benzene rings is 2. The summed E-state index contributed by atoms with van der Waals surface area (Å²) in [5, 5.41) is 2.22. The summed E-state index contributed by atoms with van der Waals surface area (Å²) in [6.07, 6.45) is 1.86. The van der Waals surface area contributed by atoms with E-state index in [4.69, 9.17) is 0 Å². The van der Waals surface area contributed by atoms with Gasteiger partial charge in [0, 0.05) is 6.04 Å². The zero-order valence-electron chi connectivity index (χ0n) is 13.9. The molecule has 2 aromatic rings. The van der Waals surface area contributed by atoms with Crippen LogP contribution in [0.5, 0.6) is 0 Å². The second kappa shape index (κ2) is 6.53. The van der Waals surface area contributed by atoms with Crippen LogP contribution in [0.15, 0.2) is 42.5 Å². The monoisotopic (exact) mass is 346 g/mol. The summed E-state index contributed by atoms with van der Waals surface area (Å²) in [5.41, 5.74) is 1.05. The van der Waals surface area contributed by atoms with Gasteiger partial charge in [-0.1, -0.05) is 42.5 Å². The molecule has 0 radical (unpaired) electrons. The zero-order chi connectivity index (χ0) is 17.3. The van der Waals surface area contributed by atoms with Crippen LogP contribution in [0.3, 0.4) is 0 Å². The van der Waals surface area contributed by atoms with Gasteiger partial charge in [0.05, 0.1) is 6.04 Å². The average Bonchev–Trinajstić information content (AvgIpc) is 3.38. The fraction of sp³-hybridized carbons (Fsp3) is 0.389. The fourth-order valence-electron chi connectivity index (χ4n) is 3.16. The maximum atomic E-state index is 12.7. The Kier molecular flexibility index (Phi) is 4.60. The van der Waals surface area contributed by atoms with Gasteiger partial charge in [-0.2, -0.15) is 0 Å².